The van der Waals surface area contributed by atoms with Crippen molar-refractivity contribution in [1.29, 1.82) is 0 Å². The minimum absolute atomic E-state index is 0.0471. The molecule has 0 bridgehead atoms. The molecule has 0 aliphatic carbocycles. The van der Waals surface area contributed by atoms with E-state index >= 15 is 0 Å². The topological polar surface area (TPSA) is 0 Å². The number of benzene rings is 1. The lowest BCUT2D eigenvalue weighted by Crippen LogP contribution is -2.27. The van der Waals surface area contributed by atoms with E-state index in [1.165, 1.54) is 6.07 Å². The molecule has 0 aliphatic rings. The first-order chi connectivity index (χ1) is 7.56. The highest BCUT2D eigenvalue weighted by Gasteiger charge is 2.27. The molecule has 0 nitrogen and oxygen atoms in total. The van der Waals surface area contributed by atoms with Gasteiger partial charge in [-0.15, -0.1) is 0 Å². The summed E-state index contributed by atoms with van der Waals surface area (Å²) >= 11 is 12.9. The molecular weight excluding hydrogens is 358 g/mol. The van der Waals surface area contributed by atoms with Crippen LogP contribution in [0.5, 0.6) is 0 Å². The van der Waals surface area contributed by atoms with E-state index in [0.29, 0.717) is 17.0 Å². The third-order valence-corrected chi connectivity index (χ3v) is 5.50. The molecule has 0 aromatic heterocycles. The molecule has 1 aromatic rings. The van der Waals surface area contributed by atoms with Crippen LogP contribution < -0.4 is 0 Å². The van der Waals surface area contributed by atoms with Crippen LogP contribution in [0.2, 0.25) is 5.02 Å². The van der Waals surface area contributed by atoms with Crippen LogP contribution in [-0.2, 0) is 6.42 Å². The van der Waals surface area contributed by atoms with Crippen molar-refractivity contribution in [2.75, 3.05) is 10.7 Å². The Morgan fingerprint density at radius 3 is 2.44 bits per heavy atom. The number of halogens is 4. The first kappa shape index (κ1) is 14.5. The number of alkyl halides is 2. The highest BCUT2D eigenvalue weighted by atomic mass is 79.9. The predicted molar refractivity (Wildman–Crippen MR) is 75.4 cm³/mol. The van der Waals surface area contributed by atoms with Crippen LogP contribution in [0.25, 0.3) is 0 Å². The van der Waals surface area contributed by atoms with Crippen molar-refractivity contribution >= 4 is 43.5 Å². The van der Waals surface area contributed by atoms with Crippen LogP contribution in [-0.4, -0.2) is 10.7 Å². The van der Waals surface area contributed by atoms with Crippen molar-refractivity contribution in [2.24, 2.45) is 5.41 Å². The molecule has 16 heavy (non-hydrogen) atoms. The average Bonchev–Trinajstić information content (AvgIpc) is 2.31. The monoisotopic (exact) mass is 370 g/mol. The Bertz CT molecular complexity index is 343. The number of hydrogen-bond acceptors (Lipinski definition) is 0. The van der Waals surface area contributed by atoms with E-state index < -0.39 is 0 Å². The lowest BCUT2D eigenvalue weighted by atomic mass is 9.83. The maximum Gasteiger partial charge on any atom is 0.126 e. The van der Waals surface area contributed by atoms with Gasteiger partial charge in [0, 0.05) is 15.7 Å². The first-order valence-electron chi connectivity index (χ1n) is 5.13. The molecule has 0 saturated heterocycles. The molecule has 0 N–H and O–H groups in total. The zero-order valence-electron chi connectivity index (χ0n) is 9.07. The van der Waals surface area contributed by atoms with Crippen molar-refractivity contribution in [3.05, 3.63) is 34.6 Å². The molecule has 1 aromatic carbocycles. The first-order valence-corrected chi connectivity index (χ1v) is 7.75. The Balaban J connectivity index is 2.97. The van der Waals surface area contributed by atoms with Gasteiger partial charge in [-0.2, -0.15) is 0 Å². The van der Waals surface area contributed by atoms with Gasteiger partial charge in [0.2, 0.25) is 0 Å². The van der Waals surface area contributed by atoms with E-state index in [1.807, 2.05) is 0 Å². The summed E-state index contributed by atoms with van der Waals surface area (Å²) in [6.07, 6.45) is 1.67. The molecule has 4 heteroatoms. The molecular formula is C12H14Br2ClF. The van der Waals surface area contributed by atoms with Gasteiger partial charge in [-0.3, -0.25) is 0 Å². The Hall–Kier alpha value is 0.400. The van der Waals surface area contributed by atoms with Crippen molar-refractivity contribution in [3.63, 3.8) is 0 Å². The predicted octanol–water partition coefficient (Wildman–Crippen LogP) is 5.21. The summed E-state index contributed by atoms with van der Waals surface area (Å²) in [6.45, 7) is 2.12. The lowest BCUT2D eigenvalue weighted by Gasteiger charge is -2.28. The van der Waals surface area contributed by atoms with Gasteiger partial charge < -0.3 is 0 Å². The molecule has 0 radical (unpaired) electrons. The van der Waals surface area contributed by atoms with Crippen molar-refractivity contribution in [3.8, 4) is 0 Å². The van der Waals surface area contributed by atoms with Gasteiger partial charge in [0.25, 0.3) is 0 Å². The lowest BCUT2D eigenvalue weighted by molar-refractivity contribution is 0.367. The molecule has 0 atom stereocenters. The summed E-state index contributed by atoms with van der Waals surface area (Å²) in [6, 6.07) is 4.73. The van der Waals surface area contributed by atoms with Crippen LogP contribution in [0, 0.1) is 11.2 Å². The average molecular weight is 373 g/mol. The Labute approximate surface area is 118 Å². The molecule has 0 saturated carbocycles. The zero-order valence-corrected chi connectivity index (χ0v) is 13.0. The van der Waals surface area contributed by atoms with Crippen LogP contribution >= 0.6 is 43.5 Å². The molecule has 0 heterocycles. The summed E-state index contributed by atoms with van der Waals surface area (Å²) < 4.78 is 13.6. The van der Waals surface area contributed by atoms with Gasteiger partial charge in [0.15, 0.2) is 0 Å². The highest BCUT2D eigenvalue weighted by molar-refractivity contribution is 9.09. The van der Waals surface area contributed by atoms with Gasteiger partial charge in [-0.05, 0) is 42.0 Å². The van der Waals surface area contributed by atoms with Crippen LogP contribution in [0.3, 0.4) is 0 Å². The molecule has 0 unspecified atom stereocenters. The summed E-state index contributed by atoms with van der Waals surface area (Å²) in [5, 5.41) is 2.27. The van der Waals surface area contributed by atoms with Crippen LogP contribution in [0.15, 0.2) is 18.2 Å². The minimum atomic E-state index is -0.177. The highest BCUT2D eigenvalue weighted by Crippen LogP contribution is 2.33. The quantitative estimate of drug-likeness (QED) is 0.623. The minimum Gasteiger partial charge on any atom is -0.207 e. The molecule has 1 rings (SSSR count). The second kappa shape index (κ2) is 6.36. The largest absolute Gasteiger partial charge is 0.207 e. The molecule has 0 spiro atoms. The van der Waals surface area contributed by atoms with Crippen molar-refractivity contribution < 1.29 is 4.39 Å². The second-order valence-corrected chi connectivity index (χ2v) is 5.59. The van der Waals surface area contributed by atoms with Gasteiger partial charge in [0.05, 0.1) is 0 Å². The van der Waals surface area contributed by atoms with E-state index in [-0.39, 0.29) is 11.2 Å². The Morgan fingerprint density at radius 1 is 1.31 bits per heavy atom. The molecule has 0 aliphatic heterocycles. The zero-order chi connectivity index (χ0) is 12.2. The van der Waals surface area contributed by atoms with Gasteiger partial charge in [-0.25, -0.2) is 4.39 Å². The van der Waals surface area contributed by atoms with E-state index in [2.05, 4.69) is 38.8 Å². The normalized spacial score (nSPS) is 11.8. The second-order valence-electron chi connectivity index (χ2n) is 4.03. The fraction of sp³-hybridized carbons (Fsp3) is 0.500. The van der Waals surface area contributed by atoms with Gasteiger partial charge in [-0.1, -0.05) is 50.4 Å². The smallest absolute Gasteiger partial charge is 0.126 e. The fourth-order valence-electron chi connectivity index (χ4n) is 1.53. The summed E-state index contributed by atoms with van der Waals surface area (Å²) in [5.41, 5.74) is 0.735. The van der Waals surface area contributed by atoms with Crippen molar-refractivity contribution in [2.45, 2.75) is 19.8 Å². The van der Waals surface area contributed by atoms with E-state index in [0.717, 1.165) is 17.1 Å². The summed E-state index contributed by atoms with van der Waals surface area (Å²) in [4.78, 5) is 0. The van der Waals surface area contributed by atoms with Crippen LogP contribution in [0.4, 0.5) is 4.39 Å². The SMILES string of the molecule is CCC(CBr)(CBr)Cc1cc(Cl)ccc1F. The summed E-state index contributed by atoms with van der Waals surface area (Å²) in [5.74, 6) is -0.177. The van der Waals surface area contributed by atoms with Crippen molar-refractivity contribution in [1.82, 2.24) is 0 Å². The van der Waals surface area contributed by atoms with Gasteiger partial charge >= 0.3 is 0 Å². The van der Waals surface area contributed by atoms with E-state index in [1.54, 1.807) is 12.1 Å². The Morgan fingerprint density at radius 2 is 1.94 bits per heavy atom. The van der Waals surface area contributed by atoms with E-state index in [4.69, 9.17) is 11.6 Å². The third-order valence-electron chi connectivity index (χ3n) is 2.89. The molecule has 0 fully saturated rings. The fourth-order valence-corrected chi connectivity index (χ4v) is 3.84. The third kappa shape index (κ3) is 3.44. The standard InChI is InChI=1S/C12H14Br2ClF/c1-2-12(7-13,8-14)6-9-5-10(15)3-4-11(9)16/h3-5H,2,6-8H2,1H3. The number of rotatable bonds is 5. The Kier molecular flexibility index (Phi) is 5.75. The summed E-state index contributed by atoms with van der Waals surface area (Å²) in [7, 11) is 0. The number of hydrogen-bond donors (Lipinski definition) is 0. The van der Waals surface area contributed by atoms with E-state index in [9.17, 15) is 4.39 Å². The molecule has 0 amide bonds. The maximum atomic E-state index is 13.6. The maximum absolute atomic E-state index is 13.6. The molecule has 90 valence electrons. The van der Waals surface area contributed by atoms with Gasteiger partial charge in [0.1, 0.15) is 5.82 Å². The van der Waals surface area contributed by atoms with Crippen LogP contribution in [0.1, 0.15) is 18.9 Å².